The minimum absolute atomic E-state index is 0.194. The molecule has 0 spiro atoms. The van der Waals surface area contributed by atoms with Gasteiger partial charge in [-0.1, -0.05) is 37.3 Å². The normalized spacial score (nSPS) is 13.2. The Labute approximate surface area is 143 Å². The maximum Gasteiger partial charge on any atom is 0.240 e. The van der Waals surface area contributed by atoms with Crippen LogP contribution in [0.25, 0.3) is 10.9 Å². The van der Waals surface area contributed by atoms with E-state index in [2.05, 4.69) is 9.71 Å². The molecule has 0 radical (unpaired) electrons. The quantitative estimate of drug-likeness (QED) is 0.718. The summed E-state index contributed by atoms with van der Waals surface area (Å²) >= 11 is 0. The van der Waals surface area contributed by atoms with Crippen molar-refractivity contribution >= 4 is 20.9 Å². The first kappa shape index (κ1) is 16.7. The van der Waals surface area contributed by atoms with Gasteiger partial charge >= 0.3 is 0 Å². The summed E-state index contributed by atoms with van der Waals surface area (Å²) in [7, 11) is -3.50. The number of para-hydroxylation sites is 1. The topological polar surface area (TPSA) is 62.0 Å². The summed E-state index contributed by atoms with van der Waals surface area (Å²) in [4.78, 5) is 3.53. The largest absolute Gasteiger partial charge is 0.361 e. The molecule has 0 saturated carbocycles. The number of fused-ring (bicyclic) bond motifs is 1. The highest BCUT2D eigenvalue weighted by molar-refractivity contribution is 7.89. The number of benzene rings is 2. The minimum atomic E-state index is -3.50. The van der Waals surface area contributed by atoms with Crippen LogP contribution in [-0.4, -0.2) is 19.4 Å². The van der Waals surface area contributed by atoms with E-state index < -0.39 is 10.0 Å². The van der Waals surface area contributed by atoms with Crippen molar-refractivity contribution in [3.63, 3.8) is 0 Å². The molecule has 3 aromatic rings. The Morgan fingerprint density at radius 3 is 2.50 bits per heavy atom. The first-order chi connectivity index (χ1) is 11.5. The first-order valence-electron chi connectivity index (χ1n) is 8.16. The number of rotatable bonds is 6. The average Bonchev–Trinajstić information content (AvgIpc) is 2.97. The van der Waals surface area contributed by atoms with Gasteiger partial charge < -0.3 is 4.98 Å². The molecule has 126 valence electrons. The van der Waals surface area contributed by atoms with Gasteiger partial charge in [-0.2, -0.15) is 0 Å². The van der Waals surface area contributed by atoms with Gasteiger partial charge in [0.1, 0.15) is 0 Å². The van der Waals surface area contributed by atoms with E-state index in [9.17, 15) is 8.42 Å². The van der Waals surface area contributed by atoms with E-state index in [4.69, 9.17) is 0 Å². The molecule has 1 unspecified atom stereocenters. The summed E-state index contributed by atoms with van der Waals surface area (Å²) in [6, 6.07) is 14.9. The Morgan fingerprint density at radius 2 is 1.79 bits per heavy atom. The molecule has 0 amide bonds. The van der Waals surface area contributed by atoms with Crippen LogP contribution in [0.4, 0.5) is 0 Å². The van der Waals surface area contributed by atoms with Crippen LogP contribution in [0.1, 0.15) is 25.0 Å². The molecule has 5 heteroatoms. The van der Waals surface area contributed by atoms with Crippen molar-refractivity contribution in [3.8, 4) is 0 Å². The third-order valence-corrected chi connectivity index (χ3v) is 5.80. The van der Waals surface area contributed by atoms with Crippen molar-refractivity contribution < 1.29 is 8.42 Å². The molecule has 0 fully saturated rings. The van der Waals surface area contributed by atoms with Crippen molar-refractivity contribution in [3.05, 3.63) is 65.9 Å². The second-order valence-corrected chi connectivity index (χ2v) is 7.80. The Balaban J connectivity index is 1.74. The average molecular weight is 342 g/mol. The maximum absolute atomic E-state index is 12.5. The van der Waals surface area contributed by atoms with E-state index in [1.165, 1.54) is 0 Å². The molecular weight excluding hydrogens is 320 g/mol. The standard InChI is InChI=1S/C19H22N2O2S/c1-3-15-8-10-17(11-9-15)24(22,23)21-14(2)12-16-13-20-19-7-5-4-6-18(16)19/h4-11,13-14,20-21H,3,12H2,1-2H3. The minimum Gasteiger partial charge on any atom is -0.361 e. The SMILES string of the molecule is CCc1ccc(S(=O)(=O)NC(C)Cc2c[nH]c3ccccc23)cc1. The van der Waals surface area contributed by atoms with Gasteiger partial charge in [-0.3, -0.25) is 0 Å². The highest BCUT2D eigenvalue weighted by Gasteiger charge is 2.18. The second-order valence-electron chi connectivity index (χ2n) is 6.08. The summed E-state index contributed by atoms with van der Waals surface area (Å²) in [5.41, 5.74) is 3.31. The number of aromatic nitrogens is 1. The predicted octanol–water partition coefficient (Wildman–Crippen LogP) is 3.64. The molecule has 1 aromatic heterocycles. The molecule has 2 N–H and O–H groups in total. The summed E-state index contributed by atoms with van der Waals surface area (Å²) in [5, 5.41) is 1.14. The number of nitrogens with one attached hydrogen (secondary N) is 2. The number of aryl methyl sites for hydroxylation is 1. The van der Waals surface area contributed by atoms with Crippen LogP contribution in [0, 0.1) is 0 Å². The molecule has 0 aliphatic rings. The van der Waals surface area contributed by atoms with Crippen molar-refractivity contribution in [1.82, 2.24) is 9.71 Å². The molecule has 4 nitrogen and oxygen atoms in total. The lowest BCUT2D eigenvalue weighted by Gasteiger charge is -2.14. The highest BCUT2D eigenvalue weighted by Crippen LogP contribution is 2.20. The van der Waals surface area contributed by atoms with E-state index in [0.717, 1.165) is 28.5 Å². The van der Waals surface area contributed by atoms with Crippen LogP contribution in [0.5, 0.6) is 0 Å². The molecule has 2 aromatic carbocycles. The number of aromatic amines is 1. The summed E-state index contributed by atoms with van der Waals surface area (Å²) < 4.78 is 27.8. The molecule has 0 saturated heterocycles. The van der Waals surface area contributed by atoms with E-state index in [1.807, 2.05) is 56.4 Å². The number of hydrogen-bond donors (Lipinski definition) is 2. The first-order valence-corrected chi connectivity index (χ1v) is 9.64. The van der Waals surface area contributed by atoms with Gasteiger partial charge in [0.15, 0.2) is 0 Å². The summed E-state index contributed by atoms with van der Waals surface area (Å²) in [6.07, 6.45) is 3.48. The Kier molecular flexibility index (Phi) is 4.73. The molecule has 1 atom stereocenters. The lowest BCUT2D eigenvalue weighted by Crippen LogP contribution is -2.34. The maximum atomic E-state index is 12.5. The van der Waals surface area contributed by atoms with Gasteiger partial charge in [-0.25, -0.2) is 13.1 Å². The van der Waals surface area contributed by atoms with Crippen LogP contribution < -0.4 is 4.72 Å². The lowest BCUT2D eigenvalue weighted by atomic mass is 10.1. The molecule has 0 aliphatic heterocycles. The number of hydrogen-bond acceptors (Lipinski definition) is 2. The molecule has 0 aliphatic carbocycles. The fourth-order valence-electron chi connectivity index (χ4n) is 2.91. The zero-order chi connectivity index (χ0) is 17.2. The molecular formula is C19H22N2O2S. The zero-order valence-corrected chi connectivity index (χ0v) is 14.7. The Bertz CT molecular complexity index is 927. The van der Waals surface area contributed by atoms with Gasteiger partial charge in [0.2, 0.25) is 10.0 Å². The smallest absolute Gasteiger partial charge is 0.240 e. The zero-order valence-electron chi connectivity index (χ0n) is 13.9. The van der Waals surface area contributed by atoms with Crippen LogP contribution in [0.15, 0.2) is 59.6 Å². The van der Waals surface area contributed by atoms with Gasteiger partial charge in [-0.05, 0) is 49.1 Å². The Morgan fingerprint density at radius 1 is 1.08 bits per heavy atom. The highest BCUT2D eigenvalue weighted by atomic mass is 32.2. The second kappa shape index (κ2) is 6.79. The lowest BCUT2D eigenvalue weighted by molar-refractivity contribution is 0.560. The fraction of sp³-hybridized carbons (Fsp3) is 0.263. The Hall–Kier alpha value is -2.11. The fourth-order valence-corrected chi connectivity index (χ4v) is 4.15. The van der Waals surface area contributed by atoms with Crippen molar-refractivity contribution in [1.29, 1.82) is 0 Å². The number of sulfonamides is 1. The monoisotopic (exact) mass is 342 g/mol. The van der Waals surface area contributed by atoms with Gasteiger partial charge in [-0.15, -0.1) is 0 Å². The molecule has 0 bridgehead atoms. The van der Waals surface area contributed by atoms with Crippen LogP contribution in [-0.2, 0) is 22.9 Å². The van der Waals surface area contributed by atoms with E-state index >= 15 is 0 Å². The van der Waals surface area contributed by atoms with E-state index in [0.29, 0.717) is 11.3 Å². The van der Waals surface area contributed by atoms with Crippen molar-refractivity contribution in [2.75, 3.05) is 0 Å². The third-order valence-electron chi connectivity index (χ3n) is 4.20. The van der Waals surface area contributed by atoms with Crippen molar-refractivity contribution in [2.24, 2.45) is 0 Å². The van der Waals surface area contributed by atoms with Gasteiger partial charge in [0, 0.05) is 23.1 Å². The summed E-state index contributed by atoms with van der Waals surface area (Å²) in [5.74, 6) is 0. The van der Waals surface area contributed by atoms with E-state index in [1.54, 1.807) is 12.1 Å². The van der Waals surface area contributed by atoms with E-state index in [-0.39, 0.29) is 6.04 Å². The van der Waals surface area contributed by atoms with Crippen molar-refractivity contribution in [2.45, 2.75) is 37.6 Å². The van der Waals surface area contributed by atoms with Gasteiger partial charge in [0.25, 0.3) is 0 Å². The van der Waals surface area contributed by atoms with Gasteiger partial charge in [0.05, 0.1) is 4.90 Å². The van der Waals surface area contributed by atoms with Crippen LogP contribution >= 0.6 is 0 Å². The third kappa shape index (κ3) is 3.52. The van der Waals surface area contributed by atoms with Crippen LogP contribution in [0.2, 0.25) is 0 Å². The molecule has 3 rings (SSSR count). The molecule has 1 heterocycles. The molecule has 24 heavy (non-hydrogen) atoms. The number of H-pyrrole nitrogens is 1. The van der Waals surface area contributed by atoms with Crippen LogP contribution in [0.3, 0.4) is 0 Å². The summed E-state index contributed by atoms with van der Waals surface area (Å²) in [6.45, 7) is 3.94. The predicted molar refractivity (Wildman–Crippen MR) is 97.6 cm³/mol.